The van der Waals surface area contributed by atoms with Gasteiger partial charge in [0.25, 0.3) is 0 Å². The maximum Gasteiger partial charge on any atom is 0.160 e. The van der Waals surface area contributed by atoms with E-state index in [2.05, 4.69) is 152 Å². The molecule has 0 amide bonds. The van der Waals surface area contributed by atoms with Crippen LogP contribution in [-0.2, 0) is 5.41 Å². The van der Waals surface area contributed by atoms with E-state index in [9.17, 15) is 0 Å². The molecule has 1 spiro atoms. The van der Waals surface area contributed by atoms with Crippen molar-refractivity contribution in [3.05, 3.63) is 210 Å². The van der Waals surface area contributed by atoms with Crippen LogP contribution in [0, 0.1) is 0 Å². The monoisotopic (exact) mass is 689 g/mol. The molecule has 11 rings (SSSR count). The van der Waals surface area contributed by atoms with Gasteiger partial charge in [-0.05, 0) is 69.8 Å². The predicted molar refractivity (Wildman–Crippen MR) is 216 cm³/mol. The third-order valence-corrected chi connectivity index (χ3v) is 11.0. The Bertz CT molecular complexity index is 2870. The van der Waals surface area contributed by atoms with E-state index in [1.54, 1.807) is 0 Å². The molecule has 252 valence electrons. The van der Waals surface area contributed by atoms with Gasteiger partial charge in [0, 0.05) is 39.4 Å². The highest BCUT2D eigenvalue weighted by Crippen LogP contribution is 2.61. The zero-order valence-electron chi connectivity index (χ0n) is 29.1. The number of hydrogen-bond donors (Lipinski definition) is 0. The molecule has 3 heterocycles. The van der Waals surface area contributed by atoms with Crippen molar-refractivity contribution in [1.82, 2.24) is 15.0 Å². The van der Waals surface area contributed by atoms with Crippen LogP contribution in [0.5, 0.6) is 11.5 Å². The molecule has 0 fully saturated rings. The second-order valence-electron chi connectivity index (χ2n) is 13.9. The number of fused-ring (bicyclic) bond motifs is 10. The van der Waals surface area contributed by atoms with Gasteiger partial charge in [0.05, 0.1) is 22.3 Å². The van der Waals surface area contributed by atoms with Crippen LogP contribution >= 0.6 is 0 Å². The van der Waals surface area contributed by atoms with Gasteiger partial charge in [0.1, 0.15) is 11.5 Å². The van der Waals surface area contributed by atoms with E-state index in [0.29, 0.717) is 5.82 Å². The third kappa shape index (κ3) is 4.53. The average molecular weight is 690 g/mol. The Balaban J connectivity index is 0.996. The molecule has 0 radical (unpaired) electrons. The number of benzene rings is 7. The molecule has 0 saturated carbocycles. The molecule has 4 nitrogen and oxygen atoms in total. The first kappa shape index (κ1) is 30.5. The second kappa shape index (κ2) is 11.9. The van der Waals surface area contributed by atoms with E-state index in [0.717, 1.165) is 83.9 Å². The van der Waals surface area contributed by atoms with Crippen molar-refractivity contribution in [2.75, 3.05) is 0 Å². The van der Waals surface area contributed by atoms with Gasteiger partial charge in [-0.1, -0.05) is 146 Å². The number of hydrogen-bond acceptors (Lipinski definition) is 4. The van der Waals surface area contributed by atoms with Gasteiger partial charge in [0.15, 0.2) is 5.82 Å². The van der Waals surface area contributed by atoms with Crippen molar-refractivity contribution in [2.24, 2.45) is 0 Å². The minimum atomic E-state index is -0.550. The van der Waals surface area contributed by atoms with Crippen LogP contribution in [0.2, 0.25) is 0 Å². The highest BCUT2D eigenvalue weighted by atomic mass is 16.5. The Morgan fingerprint density at radius 1 is 0.389 bits per heavy atom. The van der Waals surface area contributed by atoms with Gasteiger partial charge in [-0.25, -0.2) is 9.97 Å². The Morgan fingerprint density at radius 3 is 1.78 bits per heavy atom. The molecule has 4 heteroatoms. The summed E-state index contributed by atoms with van der Waals surface area (Å²) in [5.74, 6) is 2.47. The predicted octanol–water partition coefficient (Wildman–Crippen LogP) is 12.2. The van der Waals surface area contributed by atoms with Crippen molar-refractivity contribution in [2.45, 2.75) is 5.41 Å². The fourth-order valence-electron chi connectivity index (χ4n) is 8.60. The summed E-state index contributed by atoms with van der Waals surface area (Å²) in [6.07, 6.45) is 1.90. The van der Waals surface area contributed by atoms with Crippen LogP contribution in [0.3, 0.4) is 0 Å². The standard InChI is InChI=1S/C50H31N3O/c1-2-12-34(13-3-1)47-39-16-4-7-20-44(39)52-49(53-47)37-15-10-14-35(30-37)32-23-25-33(26-24-32)36-27-28-38-43(31-36)50(42-19-11-29-51-48(38)42)40-17-5-8-21-45(40)54-46-22-9-6-18-41(46)50/h1-31H. The van der Waals surface area contributed by atoms with E-state index in [1.165, 1.54) is 11.1 Å². The van der Waals surface area contributed by atoms with Gasteiger partial charge >= 0.3 is 0 Å². The lowest BCUT2D eigenvalue weighted by Gasteiger charge is -2.39. The lowest BCUT2D eigenvalue weighted by molar-refractivity contribution is 0.436. The van der Waals surface area contributed by atoms with Gasteiger partial charge in [0.2, 0.25) is 0 Å². The zero-order valence-corrected chi connectivity index (χ0v) is 29.1. The second-order valence-corrected chi connectivity index (χ2v) is 13.9. The van der Waals surface area contributed by atoms with Crippen molar-refractivity contribution in [1.29, 1.82) is 0 Å². The SMILES string of the molecule is c1ccc(-c2nc(-c3cccc(-c4ccc(-c5ccc6c(c5)C5(c7ccccc7Oc7ccccc75)c5cccnc5-6)cc4)c3)nc3ccccc23)cc1. The molecule has 0 atom stereocenters. The number of ether oxygens (including phenoxy) is 1. The van der Waals surface area contributed by atoms with Crippen molar-refractivity contribution in [3.8, 4) is 67.7 Å². The molecular weight excluding hydrogens is 659 g/mol. The molecule has 54 heavy (non-hydrogen) atoms. The highest BCUT2D eigenvalue weighted by molar-refractivity contribution is 5.94. The molecule has 9 aromatic rings. The molecule has 0 unspecified atom stereocenters. The molecule has 7 aromatic carbocycles. The van der Waals surface area contributed by atoms with Crippen molar-refractivity contribution in [3.63, 3.8) is 0 Å². The summed E-state index contributed by atoms with van der Waals surface area (Å²) in [5, 5.41) is 1.04. The smallest absolute Gasteiger partial charge is 0.160 e. The normalized spacial score (nSPS) is 13.1. The van der Waals surface area contributed by atoms with E-state index >= 15 is 0 Å². The van der Waals surface area contributed by atoms with Gasteiger partial charge in [-0.15, -0.1) is 0 Å². The van der Waals surface area contributed by atoms with Crippen molar-refractivity contribution >= 4 is 10.9 Å². The quantitative estimate of drug-likeness (QED) is 0.185. The summed E-state index contributed by atoms with van der Waals surface area (Å²) in [6.45, 7) is 0. The summed E-state index contributed by atoms with van der Waals surface area (Å²) < 4.78 is 6.52. The van der Waals surface area contributed by atoms with Crippen LogP contribution in [-0.4, -0.2) is 15.0 Å². The van der Waals surface area contributed by atoms with E-state index < -0.39 is 5.41 Å². The summed E-state index contributed by atoms with van der Waals surface area (Å²) in [6, 6.07) is 64.0. The number of rotatable bonds is 4. The number of para-hydroxylation sites is 3. The summed E-state index contributed by atoms with van der Waals surface area (Å²) >= 11 is 0. The molecule has 0 saturated heterocycles. The fraction of sp³-hybridized carbons (Fsp3) is 0.0200. The molecule has 1 aliphatic heterocycles. The first-order chi connectivity index (χ1) is 26.8. The fourth-order valence-corrected chi connectivity index (χ4v) is 8.60. The molecule has 2 aliphatic rings. The third-order valence-electron chi connectivity index (χ3n) is 11.0. The van der Waals surface area contributed by atoms with Crippen LogP contribution in [0.1, 0.15) is 22.3 Å². The maximum absolute atomic E-state index is 6.52. The lowest BCUT2D eigenvalue weighted by atomic mass is 9.66. The van der Waals surface area contributed by atoms with E-state index in [1.807, 2.05) is 36.5 Å². The first-order valence-electron chi connectivity index (χ1n) is 18.3. The Kier molecular flexibility index (Phi) is 6.73. The van der Waals surface area contributed by atoms with Crippen LogP contribution in [0.4, 0.5) is 0 Å². The van der Waals surface area contributed by atoms with E-state index in [4.69, 9.17) is 19.7 Å². The topological polar surface area (TPSA) is 47.9 Å². The summed E-state index contributed by atoms with van der Waals surface area (Å²) in [7, 11) is 0. The number of nitrogens with zero attached hydrogens (tertiary/aromatic N) is 3. The van der Waals surface area contributed by atoms with Crippen LogP contribution < -0.4 is 4.74 Å². The van der Waals surface area contributed by atoms with Crippen molar-refractivity contribution < 1.29 is 4.74 Å². The largest absolute Gasteiger partial charge is 0.457 e. The molecule has 1 aliphatic carbocycles. The van der Waals surface area contributed by atoms with Gasteiger partial charge in [-0.2, -0.15) is 0 Å². The molecule has 0 N–H and O–H groups in total. The van der Waals surface area contributed by atoms with E-state index in [-0.39, 0.29) is 0 Å². The Labute approximate surface area is 313 Å². The zero-order chi connectivity index (χ0) is 35.6. The average Bonchev–Trinajstić information content (AvgIpc) is 3.53. The summed E-state index contributed by atoms with van der Waals surface area (Å²) in [5.41, 5.74) is 14.8. The summed E-state index contributed by atoms with van der Waals surface area (Å²) in [4.78, 5) is 15.1. The van der Waals surface area contributed by atoms with Gasteiger partial charge < -0.3 is 4.74 Å². The van der Waals surface area contributed by atoms with Crippen LogP contribution in [0.25, 0.3) is 67.1 Å². The number of pyridine rings is 1. The minimum absolute atomic E-state index is 0.550. The Hall–Kier alpha value is -7.17. The first-order valence-corrected chi connectivity index (χ1v) is 18.3. The molecule has 0 bridgehead atoms. The Morgan fingerprint density at radius 2 is 1.00 bits per heavy atom. The molecule has 2 aromatic heterocycles. The number of aromatic nitrogens is 3. The maximum atomic E-state index is 6.52. The highest BCUT2D eigenvalue weighted by Gasteiger charge is 2.51. The minimum Gasteiger partial charge on any atom is -0.457 e. The van der Waals surface area contributed by atoms with Gasteiger partial charge in [-0.3, -0.25) is 4.98 Å². The van der Waals surface area contributed by atoms with Crippen LogP contribution in [0.15, 0.2) is 188 Å². The molecular formula is C50H31N3O. The lowest BCUT2D eigenvalue weighted by Crippen LogP contribution is -2.32.